The van der Waals surface area contributed by atoms with Gasteiger partial charge in [-0.25, -0.2) is 9.97 Å². The Kier molecular flexibility index (Phi) is 5.35. The Morgan fingerprint density at radius 3 is 2.41 bits per heavy atom. The molecule has 0 fully saturated rings. The highest BCUT2D eigenvalue weighted by Crippen LogP contribution is 2.32. The molecule has 1 heterocycles. The zero-order chi connectivity index (χ0) is 19.6. The molecule has 3 rings (SSSR count). The minimum Gasteiger partial charge on any atom is -0.367 e. The number of fused-ring (bicyclic) bond motifs is 1. The molecule has 0 radical (unpaired) electrons. The second-order valence-electron chi connectivity index (χ2n) is 6.94. The molecule has 0 aliphatic rings. The Morgan fingerprint density at radius 2 is 1.74 bits per heavy atom. The Balaban J connectivity index is 1.91. The summed E-state index contributed by atoms with van der Waals surface area (Å²) in [5.41, 5.74) is 3.20. The number of nitrogens with zero attached hydrogens (tertiary/aromatic N) is 2. The van der Waals surface area contributed by atoms with Crippen molar-refractivity contribution in [2.24, 2.45) is 0 Å². The number of anilines is 1. The molecule has 1 N–H and O–H groups in total. The third kappa shape index (κ3) is 4.56. The summed E-state index contributed by atoms with van der Waals surface area (Å²) in [6.07, 6.45) is -2.97. The van der Waals surface area contributed by atoms with E-state index in [1.807, 2.05) is 56.3 Å². The monoisotopic (exact) mass is 373 g/mol. The highest BCUT2D eigenvalue weighted by atomic mass is 19.4. The average Bonchev–Trinajstić information content (AvgIpc) is 2.60. The van der Waals surface area contributed by atoms with Gasteiger partial charge in [0.1, 0.15) is 5.82 Å². The molecule has 6 heteroatoms. The summed E-state index contributed by atoms with van der Waals surface area (Å²) in [4.78, 5) is 7.57. The molecule has 142 valence electrons. The quantitative estimate of drug-likeness (QED) is 0.623. The van der Waals surface area contributed by atoms with E-state index in [9.17, 15) is 13.2 Å². The Morgan fingerprint density at radius 1 is 1.04 bits per heavy atom. The summed E-state index contributed by atoms with van der Waals surface area (Å²) in [7, 11) is 0. The molecule has 0 saturated carbocycles. The highest BCUT2D eigenvalue weighted by Gasteiger charge is 2.35. The second-order valence-corrected chi connectivity index (χ2v) is 6.94. The van der Waals surface area contributed by atoms with Gasteiger partial charge in [0.05, 0.1) is 5.52 Å². The van der Waals surface area contributed by atoms with Gasteiger partial charge in [0.2, 0.25) is 5.82 Å². The summed E-state index contributed by atoms with van der Waals surface area (Å²) >= 11 is 0. The van der Waals surface area contributed by atoms with E-state index in [4.69, 9.17) is 0 Å². The first-order valence-corrected chi connectivity index (χ1v) is 8.90. The van der Waals surface area contributed by atoms with Gasteiger partial charge in [-0.15, -0.1) is 0 Å². The smallest absolute Gasteiger partial charge is 0.367 e. The lowest BCUT2D eigenvalue weighted by Crippen LogP contribution is -2.20. The zero-order valence-corrected chi connectivity index (χ0v) is 15.6. The van der Waals surface area contributed by atoms with Crippen LogP contribution in [0.5, 0.6) is 0 Å². The predicted molar refractivity (Wildman–Crippen MR) is 102 cm³/mol. The first-order chi connectivity index (χ1) is 12.7. The molecule has 27 heavy (non-hydrogen) atoms. The van der Waals surface area contributed by atoms with Gasteiger partial charge in [-0.05, 0) is 56.4 Å². The van der Waals surface area contributed by atoms with Crippen LogP contribution in [0.15, 0.2) is 42.5 Å². The van der Waals surface area contributed by atoms with E-state index in [2.05, 4.69) is 15.3 Å². The molecule has 1 atom stereocenters. The number of aryl methyl sites for hydroxylation is 3. The summed E-state index contributed by atoms with van der Waals surface area (Å²) in [5, 5.41) is 3.79. The first kappa shape index (κ1) is 19.1. The zero-order valence-electron chi connectivity index (χ0n) is 15.6. The van der Waals surface area contributed by atoms with Gasteiger partial charge in [-0.1, -0.05) is 36.4 Å². The Labute approximate surface area is 156 Å². The van der Waals surface area contributed by atoms with Crippen molar-refractivity contribution in [2.75, 3.05) is 5.32 Å². The lowest BCUT2D eigenvalue weighted by molar-refractivity contribution is -0.144. The predicted octanol–water partition coefficient (Wildman–Crippen LogP) is 5.70. The van der Waals surface area contributed by atoms with Crippen molar-refractivity contribution in [1.82, 2.24) is 9.97 Å². The van der Waals surface area contributed by atoms with Gasteiger partial charge in [0.15, 0.2) is 0 Å². The van der Waals surface area contributed by atoms with Crippen molar-refractivity contribution in [3.8, 4) is 0 Å². The van der Waals surface area contributed by atoms with Crippen LogP contribution in [0, 0.1) is 13.8 Å². The third-order valence-corrected chi connectivity index (χ3v) is 4.48. The van der Waals surface area contributed by atoms with E-state index >= 15 is 0 Å². The molecule has 0 amide bonds. The maximum absolute atomic E-state index is 13.3. The first-order valence-electron chi connectivity index (χ1n) is 8.90. The Bertz CT molecular complexity index is 937. The molecule has 0 saturated heterocycles. The topological polar surface area (TPSA) is 37.8 Å². The van der Waals surface area contributed by atoms with Gasteiger partial charge >= 0.3 is 6.18 Å². The molecule has 0 spiro atoms. The lowest BCUT2D eigenvalue weighted by atomic mass is 10.0. The van der Waals surface area contributed by atoms with Crippen LogP contribution in [0.4, 0.5) is 19.0 Å². The van der Waals surface area contributed by atoms with Crippen LogP contribution in [0.1, 0.15) is 35.9 Å². The number of hydrogen-bond donors (Lipinski definition) is 1. The van der Waals surface area contributed by atoms with Crippen molar-refractivity contribution in [1.29, 1.82) is 0 Å². The number of hydrogen-bond acceptors (Lipinski definition) is 3. The van der Waals surface area contributed by atoms with E-state index in [0.29, 0.717) is 16.5 Å². The maximum atomic E-state index is 13.3. The van der Waals surface area contributed by atoms with Crippen LogP contribution in [0.2, 0.25) is 0 Å². The normalized spacial score (nSPS) is 13.0. The summed E-state index contributed by atoms with van der Waals surface area (Å²) in [5.74, 6) is -0.876. The van der Waals surface area contributed by atoms with Crippen molar-refractivity contribution in [3.05, 3.63) is 65.0 Å². The molecule has 3 aromatic rings. The third-order valence-electron chi connectivity index (χ3n) is 4.48. The van der Waals surface area contributed by atoms with E-state index in [0.717, 1.165) is 18.4 Å². The number of benzene rings is 2. The highest BCUT2D eigenvalue weighted by molar-refractivity contribution is 5.92. The second kappa shape index (κ2) is 7.55. The maximum Gasteiger partial charge on any atom is 0.451 e. The fraction of sp³-hybridized carbons (Fsp3) is 0.333. The molecule has 0 unspecified atom stereocenters. The summed E-state index contributed by atoms with van der Waals surface area (Å²) in [6.45, 7) is 5.63. The number of rotatable bonds is 5. The van der Waals surface area contributed by atoms with Crippen molar-refractivity contribution in [3.63, 3.8) is 0 Å². The molecule has 1 aromatic heterocycles. The number of nitrogens with one attached hydrogen (secondary N) is 1. The average molecular weight is 373 g/mol. The minimum atomic E-state index is -4.59. The lowest BCUT2D eigenvalue weighted by Gasteiger charge is -2.18. The Hall–Kier alpha value is -2.63. The fourth-order valence-corrected chi connectivity index (χ4v) is 3.16. The summed E-state index contributed by atoms with van der Waals surface area (Å²) in [6, 6.07) is 13.6. The van der Waals surface area contributed by atoms with Crippen molar-refractivity contribution < 1.29 is 13.2 Å². The van der Waals surface area contributed by atoms with Crippen LogP contribution >= 0.6 is 0 Å². The number of alkyl halides is 3. The van der Waals surface area contributed by atoms with Crippen molar-refractivity contribution in [2.45, 2.75) is 45.8 Å². The molecule has 0 aliphatic carbocycles. The van der Waals surface area contributed by atoms with Crippen LogP contribution in [0.3, 0.4) is 0 Å². The fourth-order valence-electron chi connectivity index (χ4n) is 3.16. The van der Waals surface area contributed by atoms with Gasteiger partial charge in [0, 0.05) is 11.4 Å². The molecule has 0 aliphatic heterocycles. The van der Waals surface area contributed by atoms with Gasteiger partial charge < -0.3 is 5.32 Å². The van der Waals surface area contributed by atoms with Gasteiger partial charge in [0.25, 0.3) is 0 Å². The molecule has 3 nitrogen and oxygen atoms in total. The van der Waals surface area contributed by atoms with Gasteiger partial charge in [-0.2, -0.15) is 13.2 Å². The van der Waals surface area contributed by atoms with Crippen LogP contribution < -0.4 is 5.32 Å². The molecular formula is C21H22F3N3. The minimum absolute atomic E-state index is 0.0368. The van der Waals surface area contributed by atoms with E-state index < -0.39 is 12.0 Å². The van der Waals surface area contributed by atoms with Crippen LogP contribution in [0.25, 0.3) is 10.9 Å². The number of aromatic nitrogens is 2. The molecule has 2 aromatic carbocycles. The van der Waals surface area contributed by atoms with E-state index in [1.165, 1.54) is 5.56 Å². The van der Waals surface area contributed by atoms with E-state index in [1.54, 1.807) is 6.92 Å². The van der Waals surface area contributed by atoms with E-state index in [-0.39, 0.29) is 11.9 Å². The summed E-state index contributed by atoms with van der Waals surface area (Å²) < 4.78 is 39.8. The molecular weight excluding hydrogens is 351 g/mol. The SMILES string of the molecule is Cc1cc(C)c2nc(C(F)(F)F)nc(N[C@@H](C)CCc3ccccc3)c2c1. The van der Waals surface area contributed by atoms with Crippen molar-refractivity contribution >= 4 is 16.7 Å². The standard InChI is InChI=1S/C21H22F3N3/c1-13-11-14(2)18-17(12-13)19(27-20(26-18)21(22,23)24)25-15(3)9-10-16-7-5-4-6-8-16/h4-8,11-12,15H,9-10H2,1-3H3,(H,25,26,27)/t15-/m0/s1. The van der Waals surface area contributed by atoms with Crippen LogP contribution in [-0.4, -0.2) is 16.0 Å². The van der Waals surface area contributed by atoms with Gasteiger partial charge in [-0.3, -0.25) is 0 Å². The number of halogens is 3. The van der Waals surface area contributed by atoms with Crippen LogP contribution in [-0.2, 0) is 12.6 Å². The largest absolute Gasteiger partial charge is 0.451 e. The molecule has 0 bridgehead atoms.